The molecule has 0 aliphatic carbocycles. The first kappa shape index (κ1) is 53.9. The van der Waals surface area contributed by atoms with Gasteiger partial charge in [0, 0.05) is 35.5 Å². The summed E-state index contributed by atoms with van der Waals surface area (Å²) in [5, 5.41) is 12.3. The minimum atomic E-state index is -2.55. The summed E-state index contributed by atoms with van der Waals surface area (Å²) < 4.78 is 59.3. The number of fused-ring (bicyclic) bond motifs is 4. The summed E-state index contributed by atoms with van der Waals surface area (Å²) in [6, 6.07) is 22.2. The number of carbonyl (C=O) groups excluding carboxylic acids is 4. The quantitative estimate of drug-likeness (QED) is 0.0595. The fraction of sp³-hybridized carbons (Fsp3) is 0.382. The molecule has 2 aromatic heterocycles. The van der Waals surface area contributed by atoms with E-state index in [4.69, 9.17) is 4.43 Å². The van der Waals surface area contributed by atoms with E-state index in [-0.39, 0.29) is 64.7 Å². The van der Waals surface area contributed by atoms with Crippen molar-refractivity contribution in [2.45, 2.75) is 95.9 Å². The molecule has 8 rings (SSSR count). The van der Waals surface area contributed by atoms with E-state index in [2.05, 4.69) is 51.5 Å². The second-order valence-corrected chi connectivity index (χ2v) is 33.5. The first-order valence-corrected chi connectivity index (χ1v) is 32.0. The van der Waals surface area contributed by atoms with Crippen molar-refractivity contribution in [1.82, 2.24) is 19.8 Å². The van der Waals surface area contributed by atoms with Crippen LogP contribution in [0.25, 0.3) is 21.8 Å². The number of benzene rings is 4. The summed E-state index contributed by atoms with van der Waals surface area (Å²) in [5.41, 5.74) is 4.29. The van der Waals surface area contributed by atoms with Crippen LogP contribution in [0, 0.1) is 11.6 Å². The van der Waals surface area contributed by atoms with Gasteiger partial charge in [-0.2, -0.15) is 0 Å². The van der Waals surface area contributed by atoms with Crippen LogP contribution >= 0.6 is 14.3 Å². The van der Waals surface area contributed by atoms with Crippen LogP contribution < -0.4 is 4.43 Å². The number of nitrogens with zero attached hydrogens (tertiary/aromatic N) is 4. The molecule has 0 spiro atoms. The van der Waals surface area contributed by atoms with E-state index < -0.39 is 58.0 Å². The summed E-state index contributed by atoms with van der Waals surface area (Å²) in [6.45, 7) is 19.8. The number of imide groups is 2. The Morgan fingerprint density at radius 2 is 1.00 bits per heavy atom. The third kappa shape index (κ3) is 11.2. The van der Waals surface area contributed by atoms with Crippen molar-refractivity contribution in [2.75, 3.05) is 39.0 Å². The third-order valence-corrected chi connectivity index (χ3v) is 22.6. The average molecular weight is 1040 g/mol. The predicted octanol–water partition coefficient (Wildman–Crippen LogP) is 12.6. The number of aromatic nitrogens is 2. The molecule has 380 valence electrons. The smallest absolute Gasteiger partial charge is 0.264 e. The molecule has 0 saturated carbocycles. The molecule has 0 radical (unpaired) electrons. The Labute approximate surface area is 421 Å². The van der Waals surface area contributed by atoms with Crippen molar-refractivity contribution in [3.05, 3.63) is 142 Å². The molecule has 2 aliphatic rings. The Hall–Kier alpha value is -5.88. The Balaban J connectivity index is 0.000000219. The molecular formula is C55H64F2N4O8P2Si. The molecule has 17 heteroatoms. The summed E-state index contributed by atoms with van der Waals surface area (Å²) in [5.74, 6) is -3.84. The zero-order valence-electron chi connectivity index (χ0n) is 42.6. The van der Waals surface area contributed by atoms with Gasteiger partial charge < -0.3 is 18.7 Å². The molecule has 1 N–H and O–H groups in total. The van der Waals surface area contributed by atoms with Crippen LogP contribution in [-0.4, -0.2) is 95.8 Å². The summed E-state index contributed by atoms with van der Waals surface area (Å²) in [7, 11) is -7.40. The maximum atomic E-state index is 14.4. The monoisotopic (exact) mass is 1040 g/mol. The maximum Gasteiger partial charge on any atom is 0.264 e. The molecule has 4 amide bonds. The zero-order chi connectivity index (χ0) is 52.6. The minimum absolute atomic E-state index is 0.00457. The highest BCUT2D eigenvalue weighted by molar-refractivity contribution is 7.62. The van der Waals surface area contributed by atoms with Crippen LogP contribution in [0.1, 0.15) is 109 Å². The lowest BCUT2D eigenvalue weighted by molar-refractivity contribution is -0.132. The molecule has 2 unspecified atom stereocenters. The van der Waals surface area contributed by atoms with Crippen LogP contribution in [-0.2, 0) is 31.8 Å². The van der Waals surface area contributed by atoms with Crippen molar-refractivity contribution in [3.8, 4) is 11.5 Å². The SMILES string of the molecule is CC(C)[Si](Oc1c2c(cc3cccnc13)C(CCP(C)(C)=O)C(=O)N(Cc1ccc(F)cc1)C2=O)(C(C)C)C(C)C.CP(C)(=O)CCC1C(=O)N(Cc2ccc(F)cc2)C(=O)c2c1cc1cccnc1c2O. The number of halogens is 2. The van der Waals surface area contributed by atoms with Gasteiger partial charge in [-0.1, -0.05) is 77.9 Å². The number of pyridine rings is 2. The average Bonchev–Trinajstić information content (AvgIpc) is 3.31. The van der Waals surface area contributed by atoms with E-state index >= 15 is 0 Å². The predicted molar refractivity (Wildman–Crippen MR) is 283 cm³/mol. The molecule has 2 atom stereocenters. The molecule has 4 heterocycles. The number of phenols is 1. The lowest BCUT2D eigenvalue weighted by Gasteiger charge is -2.43. The van der Waals surface area contributed by atoms with Gasteiger partial charge in [0.25, 0.3) is 20.1 Å². The van der Waals surface area contributed by atoms with Gasteiger partial charge in [0.2, 0.25) is 11.8 Å². The zero-order valence-corrected chi connectivity index (χ0v) is 45.4. The molecule has 0 bridgehead atoms. The van der Waals surface area contributed by atoms with Gasteiger partial charge >= 0.3 is 0 Å². The van der Waals surface area contributed by atoms with Crippen molar-refractivity contribution < 1.29 is 46.6 Å². The Kier molecular flexibility index (Phi) is 15.9. The summed E-state index contributed by atoms with van der Waals surface area (Å²) in [4.78, 5) is 66.3. The number of aromatic hydroxyl groups is 1. The van der Waals surface area contributed by atoms with Crippen LogP contribution in [0.3, 0.4) is 0 Å². The van der Waals surface area contributed by atoms with Gasteiger partial charge in [-0.15, -0.1) is 0 Å². The van der Waals surface area contributed by atoms with E-state index in [0.29, 0.717) is 63.2 Å². The number of hydrogen-bond donors (Lipinski definition) is 1. The molecule has 2 aliphatic heterocycles. The fourth-order valence-corrected chi connectivity index (χ4v) is 17.5. The van der Waals surface area contributed by atoms with Crippen molar-refractivity contribution in [2.24, 2.45) is 0 Å². The van der Waals surface area contributed by atoms with E-state index in [1.807, 2.05) is 18.2 Å². The van der Waals surface area contributed by atoms with Gasteiger partial charge in [0.15, 0.2) is 5.75 Å². The van der Waals surface area contributed by atoms with Crippen LogP contribution in [0.2, 0.25) is 16.6 Å². The minimum Gasteiger partial charge on any atom is -0.541 e. The van der Waals surface area contributed by atoms with Gasteiger partial charge in [0.05, 0.1) is 50.3 Å². The Bertz CT molecular complexity index is 3130. The highest BCUT2D eigenvalue weighted by Crippen LogP contribution is 2.50. The van der Waals surface area contributed by atoms with Gasteiger partial charge in [-0.3, -0.25) is 38.9 Å². The molecule has 6 aromatic rings. The normalized spacial score (nSPS) is 16.4. The van der Waals surface area contributed by atoms with Crippen molar-refractivity contribution in [3.63, 3.8) is 0 Å². The molecule has 0 saturated heterocycles. The molecule has 72 heavy (non-hydrogen) atoms. The first-order chi connectivity index (χ1) is 33.8. The van der Waals surface area contributed by atoms with E-state index in [9.17, 15) is 42.2 Å². The van der Waals surface area contributed by atoms with Gasteiger partial charge in [-0.05, 0) is 127 Å². The van der Waals surface area contributed by atoms with Gasteiger partial charge in [-0.25, -0.2) is 8.78 Å². The standard InChI is InChI=1S/C32H42FN2O4PSi.C23H22FN2O4P/c1-20(2)41(21(3)4,22(5)6)39-30-28-27(18-24-10-9-16-34-29(24)30)26(15-17-40(7,8)38)31(36)35(32(28)37)19-23-11-13-25(33)14-12-23;1-31(2,30)11-9-17-18-12-15-4-3-10-25-20(15)21(27)19(18)23(29)26(22(17)28)13-14-5-7-16(24)8-6-14/h9-14,16,18,20-22,26H,15,17,19H2,1-8H3;3-8,10,12,17,27H,9,11,13H2,1-2H3. The lowest BCUT2D eigenvalue weighted by atomic mass is 9.84. The summed E-state index contributed by atoms with van der Waals surface area (Å²) >= 11 is 0. The molecule has 4 aromatic carbocycles. The highest BCUT2D eigenvalue weighted by atomic mass is 31.2. The number of phenolic OH excluding ortho intramolecular Hbond substituents is 1. The van der Waals surface area contributed by atoms with E-state index in [1.54, 1.807) is 63.2 Å². The number of carbonyl (C=O) groups is 4. The fourth-order valence-electron chi connectivity index (χ4n) is 10.5. The Morgan fingerprint density at radius 3 is 1.42 bits per heavy atom. The van der Waals surface area contributed by atoms with Crippen molar-refractivity contribution >= 4 is 68.0 Å². The van der Waals surface area contributed by atoms with Gasteiger partial charge in [0.1, 0.15) is 28.4 Å². The summed E-state index contributed by atoms with van der Waals surface area (Å²) in [6.07, 6.45) is 4.54. The largest absolute Gasteiger partial charge is 0.541 e. The maximum absolute atomic E-state index is 14.4. The van der Waals surface area contributed by atoms with E-state index in [0.717, 1.165) is 10.3 Å². The first-order valence-electron chi connectivity index (χ1n) is 24.3. The van der Waals surface area contributed by atoms with Crippen LogP contribution in [0.5, 0.6) is 11.5 Å². The lowest BCUT2D eigenvalue weighted by Crippen LogP contribution is -2.51. The number of rotatable bonds is 15. The van der Waals surface area contributed by atoms with Crippen LogP contribution in [0.15, 0.2) is 97.3 Å². The second kappa shape index (κ2) is 21.3. The number of hydrogen-bond acceptors (Lipinski definition) is 10. The topological polar surface area (TPSA) is 164 Å². The molecule has 0 fully saturated rings. The number of amides is 4. The third-order valence-electron chi connectivity index (χ3n) is 14.0. The second-order valence-electron chi connectivity index (χ2n) is 20.9. The highest BCUT2D eigenvalue weighted by Gasteiger charge is 2.50. The molecule has 12 nitrogen and oxygen atoms in total. The molecular weight excluding hydrogens is 973 g/mol. The van der Waals surface area contributed by atoms with E-state index in [1.165, 1.54) is 47.5 Å². The Morgan fingerprint density at radius 1 is 0.611 bits per heavy atom. The van der Waals surface area contributed by atoms with Crippen LogP contribution in [0.4, 0.5) is 8.78 Å². The van der Waals surface area contributed by atoms with Crippen molar-refractivity contribution in [1.29, 1.82) is 0 Å².